The summed E-state index contributed by atoms with van der Waals surface area (Å²) in [6.45, 7) is 0. The van der Waals surface area contributed by atoms with Crippen molar-refractivity contribution in [1.29, 1.82) is 0 Å². The number of sulfone groups is 1. The Labute approximate surface area is 101 Å². The molecule has 0 amide bonds. The maximum atomic E-state index is 12.0. The van der Waals surface area contributed by atoms with Crippen LogP contribution in [0.1, 0.15) is 5.69 Å². The first-order chi connectivity index (χ1) is 8.18. The van der Waals surface area contributed by atoms with Gasteiger partial charge in [0.15, 0.2) is 9.84 Å². The van der Waals surface area contributed by atoms with Crippen LogP contribution < -0.4 is 0 Å². The molecule has 1 heterocycles. The summed E-state index contributed by atoms with van der Waals surface area (Å²) >= 11 is 0. The molecule has 0 aliphatic rings. The normalized spacial score (nSPS) is 11.3. The van der Waals surface area contributed by atoms with Crippen molar-refractivity contribution >= 4 is 9.84 Å². The van der Waals surface area contributed by atoms with Crippen LogP contribution in [0.3, 0.4) is 0 Å². The topological polar surface area (TPSA) is 47.0 Å². The van der Waals surface area contributed by atoms with Gasteiger partial charge in [-0.15, -0.1) is 0 Å². The second kappa shape index (κ2) is 5.10. The van der Waals surface area contributed by atoms with E-state index in [4.69, 9.17) is 0 Å². The Bertz CT molecular complexity index is 565. The number of nitrogens with zero attached hydrogens (tertiary/aromatic N) is 1. The third-order valence-electron chi connectivity index (χ3n) is 2.40. The van der Waals surface area contributed by atoms with Crippen LogP contribution in [0.2, 0.25) is 0 Å². The third kappa shape index (κ3) is 3.14. The minimum Gasteiger partial charge on any atom is -0.261 e. The molecule has 3 nitrogen and oxygen atoms in total. The van der Waals surface area contributed by atoms with Crippen LogP contribution in [-0.2, 0) is 16.3 Å². The first kappa shape index (κ1) is 11.8. The largest absolute Gasteiger partial charge is 0.261 e. The van der Waals surface area contributed by atoms with Gasteiger partial charge in [0.05, 0.1) is 10.6 Å². The van der Waals surface area contributed by atoms with E-state index < -0.39 is 9.84 Å². The van der Waals surface area contributed by atoms with Crippen LogP contribution in [-0.4, -0.2) is 19.2 Å². The fourth-order valence-corrected chi connectivity index (χ4v) is 2.75. The molecule has 0 aliphatic heterocycles. The smallest absolute Gasteiger partial charge is 0.178 e. The molecule has 2 aromatic rings. The van der Waals surface area contributed by atoms with Gasteiger partial charge in [-0.2, -0.15) is 0 Å². The van der Waals surface area contributed by atoms with Crippen LogP contribution in [0, 0.1) is 6.07 Å². The minimum atomic E-state index is -3.22. The molecular weight excluding hydrogens is 234 g/mol. The Hall–Kier alpha value is -1.68. The number of aryl methyl sites for hydroxylation is 1. The van der Waals surface area contributed by atoms with E-state index in [0.29, 0.717) is 11.3 Å². The van der Waals surface area contributed by atoms with Crippen molar-refractivity contribution in [3.05, 3.63) is 60.4 Å². The van der Waals surface area contributed by atoms with Gasteiger partial charge in [0.2, 0.25) is 0 Å². The molecule has 0 aliphatic carbocycles. The van der Waals surface area contributed by atoms with Gasteiger partial charge in [0.1, 0.15) is 0 Å². The van der Waals surface area contributed by atoms with Crippen LogP contribution >= 0.6 is 0 Å². The molecule has 4 heteroatoms. The Kier molecular flexibility index (Phi) is 3.54. The van der Waals surface area contributed by atoms with Crippen molar-refractivity contribution in [2.45, 2.75) is 11.3 Å². The summed E-state index contributed by atoms with van der Waals surface area (Å²) in [5.41, 5.74) is 0.790. The van der Waals surface area contributed by atoms with Crippen molar-refractivity contribution in [2.75, 3.05) is 5.75 Å². The Morgan fingerprint density at radius 3 is 2.53 bits per heavy atom. The second-order valence-electron chi connectivity index (χ2n) is 3.63. The van der Waals surface area contributed by atoms with Gasteiger partial charge in [-0.25, -0.2) is 8.42 Å². The maximum absolute atomic E-state index is 12.0. The molecule has 0 fully saturated rings. The predicted octanol–water partition coefficient (Wildman–Crippen LogP) is 1.90. The Morgan fingerprint density at radius 1 is 1.12 bits per heavy atom. The van der Waals surface area contributed by atoms with Crippen molar-refractivity contribution in [1.82, 2.24) is 4.98 Å². The van der Waals surface area contributed by atoms with Crippen LogP contribution in [0.4, 0.5) is 0 Å². The Balaban J connectivity index is 2.09. The molecule has 0 saturated heterocycles. The first-order valence-electron chi connectivity index (χ1n) is 5.27. The number of rotatable bonds is 4. The SMILES string of the molecule is O=S(=O)(CCc1ccccn1)c1cc[c]cc1. The van der Waals surface area contributed by atoms with Gasteiger partial charge in [0, 0.05) is 18.3 Å². The molecule has 0 N–H and O–H groups in total. The molecule has 0 bridgehead atoms. The lowest BCUT2D eigenvalue weighted by molar-refractivity contribution is 0.595. The lowest BCUT2D eigenvalue weighted by Crippen LogP contribution is -2.09. The zero-order valence-corrected chi connectivity index (χ0v) is 10.0. The highest BCUT2D eigenvalue weighted by Crippen LogP contribution is 2.11. The average molecular weight is 246 g/mol. The van der Waals surface area contributed by atoms with Gasteiger partial charge < -0.3 is 0 Å². The quantitative estimate of drug-likeness (QED) is 0.827. The predicted molar refractivity (Wildman–Crippen MR) is 65.3 cm³/mol. The highest BCUT2D eigenvalue weighted by atomic mass is 32.2. The van der Waals surface area contributed by atoms with Crippen molar-refractivity contribution < 1.29 is 8.42 Å². The lowest BCUT2D eigenvalue weighted by Gasteiger charge is -2.03. The van der Waals surface area contributed by atoms with Crippen LogP contribution in [0.15, 0.2) is 53.6 Å². The molecular formula is C13H12NO2S. The standard InChI is InChI=1S/C13H12NO2S/c15-17(16,13-7-2-1-3-8-13)11-9-12-6-4-5-10-14-12/h2-8,10H,9,11H2. The molecule has 87 valence electrons. The number of benzene rings is 1. The first-order valence-corrected chi connectivity index (χ1v) is 6.92. The van der Waals surface area contributed by atoms with Crippen molar-refractivity contribution in [3.63, 3.8) is 0 Å². The zero-order valence-electron chi connectivity index (χ0n) is 9.20. The van der Waals surface area contributed by atoms with Gasteiger partial charge in [-0.1, -0.05) is 18.2 Å². The van der Waals surface area contributed by atoms with E-state index in [1.807, 2.05) is 18.2 Å². The summed E-state index contributed by atoms with van der Waals surface area (Å²) in [4.78, 5) is 4.44. The van der Waals surface area contributed by atoms with Gasteiger partial charge in [-0.3, -0.25) is 4.98 Å². The lowest BCUT2D eigenvalue weighted by atomic mass is 10.3. The number of aromatic nitrogens is 1. The molecule has 17 heavy (non-hydrogen) atoms. The highest BCUT2D eigenvalue weighted by Gasteiger charge is 2.13. The number of hydrogen-bond acceptors (Lipinski definition) is 3. The minimum absolute atomic E-state index is 0.0774. The second-order valence-corrected chi connectivity index (χ2v) is 5.73. The molecule has 0 spiro atoms. The highest BCUT2D eigenvalue weighted by molar-refractivity contribution is 7.91. The Morgan fingerprint density at radius 2 is 1.88 bits per heavy atom. The van der Waals surface area contributed by atoms with E-state index in [2.05, 4.69) is 11.1 Å². The van der Waals surface area contributed by atoms with Gasteiger partial charge in [-0.05, 0) is 30.3 Å². The summed E-state index contributed by atoms with van der Waals surface area (Å²) in [5.74, 6) is 0.0774. The van der Waals surface area contributed by atoms with E-state index in [0.717, 1.165) is 5.69 Å². The summed E-state index contributed by atoms with van der Waals surface area (Å²) in [5, 5.41) is 0. The molecule has 2 rings (SSSR count). The van der Waals surface area contributed by atoms with Crippen LogP contribution in [0.5, 0.6) is 0 Å². The summed E-state index contributed by atoms with van der Waals surface area (Å²) in [6, 6.07) is 14.6. The molecule has 1 aromatic heterocycles. The summed E-state index contributed by atoms with van der Waals surface area (Å²) < 4.78 is 23.9. The molecule has 1 aromatic carbocycles. The van der Waals surface area contributed by atoms with Gasteiger partial charge in [0.25, 0.3) is 0 Å². The van der Waals surface area contributed by atoms with Crippen molar-refractivity contribution in [3.8, 4) is 0 Å². The summed E-state index contributed by atoms with van der Waals surface area (Å²) in [7, 11) is -3.22. The molecule has 1 radical (unpaired) electrons. The fraction of sp³-hybridized carbons (Fsp3) is 0.154. The van der Waals surface area contributed by atoms with E-state index in [-0.39, 0.29) is 5.75 Å². The van der Waals surface area contributed by atoms with Gasteiger partial charge >= 0.3 is 0 Å². The summed E-state index contributed by atoms with van der Waals surface area (Å²) in [6.07, 6.45) is 2.10. The third-order valence-corrected chi connectivity index (χ3v) is 4.13. The number of hydrogen-bond donors (Lipinski definition) is 0. The average Bonchev–Trinajstić information content (AvgIpc) is 2.39. The fourth-order valence-electron chi connectivity index (χ4n) is 1.48. The van der Waals surface area contributed by atoms with E-state index in [9.17, 15) is 8.42 Å². The van der Waals surface area contributed by atoms with Crippen LogP contribution in [0.25, 0.3) is 0 Å². The van der Waals surface area contributed by atoms with E-state index in [1.165, 1.54) is 0 Å². The molecule has 0 atom stereocenters. The maximum Gasteiger partial charge on any atom is 0.178 e. The monoisotopic (exact) mass is 246 g/mol. The zero-order chi connectivity index (χ0) is 12.1. The van der Waals surface area contributed by atoms with E-state index >= 15 is 0 Å². The molecule has 0 unspecified atom stereocenters. The van der Waals surface area contributed by atoms with Crippen molar-refractivity contribution in [2.24, 2.45) is 0 Å². The number of pyridine rings is 1. The molecule has 0 saturated carbocycles. The van der Waals surface area contributed by atoms with E-state index in [1.54, 1.807) is 30.5 Å².